The Hall–Kier alpha value is -0.940. The summed E-state index contributed by atoms with van der Waals surface area (Å²) in [6.45, 7) is 3.85. The van der Waals surface area contributed by atoms with Gasteiger partial charge in [-0.1, -0.05) is 24.3 Å². The van der Waals surface area contributed by atoms with E-state index in [2.05, 4.69) is 5.32 Å². The van der Waals surface area contributed by atoms with Gasteiger partial charge in [0.05, 0.1) is 32.5 Å². The highest BCUT2D eigenvalue weighted by Gasteiger charge is 2.12. The van der Waals surface area contributed by atoms with Gasteiger partial charge in [-0.3, -0.25) is 0 Å². The van der Waals surface area contributed by atoms with Gasteiger partial charge in [0.25, 0.3) is 0 Å². The molecule has 1 aliphatic heterocycles. The Labute approximate surface area is 102 Å². The van der Waals surface area contributed by atoms with E-state index in [9.17, 15) is 0 Å². The average molecular weight is 237 g/mol. The molecule has 1 aromatic rings. The highest BCUT2D eigenvalue weighted by molar-refractivity contribution is 5.21. The van der Waals surface area contributed by atoms with Gasteiger partial charge in [-0.2, -0.15) is 0 Å². The molecular formula is C13H19NO3. The van der Waals surface area contributed by atoms with E-state index in [4.69, 9.17) is 14.6 Å². The van der Waals surface area contributed by atoms with Crippen LogP contribution in [0.25, 0.3) is 0 Å². The molecule has 1 aromatic carbocycles. The third kappa shape index (κ3) is 4.09. The second-order valence-corrected chi connectivity index (χ2v) is 4.19. The van der Waals surface area contributed by atoms with Gasteiger partial charge >= 0.3 is 0 Å². The Balaban J connectivity index is 1.69. The van der Waals surface area contributed by atoms with Gasteiger partial charge in [0.15, 0.2) is 0 Å². The van der Waals surface area contributed by atoms with E-state index < -0.39 is 0 Å². The monoisotopic (exact) mass is 237 g/mol. The van der Waals surface area contributed by atoms with Crippen LogP contribution >= 0.6 is 0 Å². The topological polar surface area (TPSA) is 50.7 Å². The summed E-state index contributed by atoms with van der Waals surface area (Å²) in [5, 5.41) is 12.2. The van der Waals surface area contributed by atoms with Crippen LogP contribution in [0, 0.1) is 0 Å². The van der Waals surface area contributed by atoms with Crippen molar-refractivity contribution < 1.29 is 14.6 Å². The number of aliphatic hydroxyl groups excluding tert-OH is 1. The van der Waals surface area contributed by atoms with Crippen molar-refractivity contribution in [2.45, 2.75) is 19.3 Å². The predicted molar refractivity (Wildman–Crippen MR) is 64.6 cm³/mol. The highest BCUT2D eigenvalue weighted by Crippen LogP contribution is 2.06. The lowest BCUT2D eigenvalue weighted by Gasteiger charge is -2.23. The van der Waals surface area contributed by atoms with Crippen LogP contribution in [0.5, 0.6) is 0 Å². The zero-order chi connectivity index (χ0) is 11.9. The molecule has 2 N–H and O–H groups in total. The summed E-state index contributed by atoms with van der Waals surface area (Å²) >= 11 is 0. The van der Waals surface area contributed by atoms with E-state index in [0.29, 0.717) is 13.2 Å². The molecule has 1 atom stereocenters. The molecule has 4 heteroatoms. The number of hydrogen-bond donors (Lipinski definition) is 2. The van der Waals surface area contributed by atoms with Crippen molar-refractivity contribution in [1.29, 1.82) is 0 Å². The average Bonchev–Trinajstić information content (AvgIpc) is 2.41. The molecule has 0 aliphatic carbocycles. The van der Waals surface area contributed by atoms with Crippen molar-refractivity contribution in [3.05, 3.63) is 35.4 Å². The van der Waals surface area contributed by atoms with Crippen molar-refractivity contribution in [3.8, 4) is 0 Å². The Morgan fingerprint density at radius 1 is 1.29 bits per heavy atom. The first-order chi connectivity index (χ1) is 8.38. The molecule has 0 saturated carbocycles. The van der Waals surface area contributed by atoms with Gasteiger partial charge < -0.3 is 19.9 Å². The van der Waals surface area contributed by atoms with E-state index in [1.165, 1.54) is 0 Å². The van der Waals surface area contributed by atoms with Gasteiger partial charge in [-0.15, -0.1) is 0 Å². The van der Waals surface area contributed by atoms with Crippen molar-refractivity contribution in [2.24, 2.45) is 0 Å². The number of hydrogen-bond acceptors (Lipinski definition) is 4. The molecular weight excluding hydrogens is 218 g/mol. The van der Waals surface area contributed by atoms with Crippen molar-refractivity contribution in [1.82, 2.24) is 5.32 Å². The van der Waals surface area contributed by atoms with Crippen LogP contribution < -0.4 is 5.32 Å². The smallest absolute Gasteiger partial charge is 0.0933 e. The third-order valence-electron chi connectivity index (χ3n) is 2.78. The van der Waals surface area contributed by atoms with Gasteiger partial charge in [0.1, 0.15) is 0 Å². The molecule has 0 radical (unpaired) electrons. The molecule has 1 saturated heterocycles. The molecule has 1 heterocycles. The fourth-order valence-corrected chi connectivity index (χ4v) is 1.78. The Bertz CT molecular complexity index is 320. The Morgan fingerprint density at radius 3 is 2.71 bits per heavy atom. The van der Waals surface area contributed by atoms with E-state index in [0.717, 1.165) is 30.8 Å². The molecule has 0 amide bonds. The molecule has 17 heavy (non-hydrogen) atoms. The largest absolute Gasteiger partial charge is 0.392 e. The second-order valence-electron chi connectivity index (χ2n) is 4.19. The van der Waals surface area contributed by atoms with Crippen LogP contribution in [0.1, 0.15) is 11.1 Å². The number of nitrogens with one attached hydrogen (secondary N) is 1. The maximum Gasteiger partial charge on any atom is 0.0933 e. The summed E-state index contributed by atoms with van der Waals surface area (Å²) in [6.07, 6.45) is 0.167. The molecule has 0 bridgehead atoms. The first-order valence-corrected chi connectivity index (χ1v) is 5.97. The lowest BCUT2D eigenvalue weighted by atomic mass is 10.1. The van der Waals surface area contributed by atoms with Crippen LogP contribution in [0.4, 0.5) is 0 Å². The standard InChI is InChI=1S/C13H19NO3/c15-8-11-1-3-12(4-2-11)9-16-10-13-7-14-5-6-17-13/h1-4,13-15H,5-10H2. The van der Waals surface area contributed by atoms with Crippen molar-refractivity contribution >= 4 is 0 Å². The number of aliphatic hydroxyl groups is 1. The fourth-order valence-electron chi connectivity index (χ4n) is 1.78. The van der Waals surface area contributed by atoms with Crippen molar-refractivity contribution in [2.75, 3.05) is 26.3 Å². The van der Waals surface area contributed by atoms with Crippen LogP contribution in [-0.2, 0) is 22.7 Å². The molecule has 0 aromatic heterocycles. The summed E-state index contributed by atoms with van der Waals surface area (Å²) in [4.78, 5) is 0. The minimum atomic E-state index is 0.0860. The minimum Gasteiger partial charge on any atom is -0.392 e. The lowest BCUT2D eigenvalue weighted by molar-refractivity contribution is -0.0357. The molecule has 1 fully saturated rings. The molecule has 94 valence electrons. The number of rotatable bonds is 5. The van der Waals surface area contributed by atoms with Crippen molar-refractivity contribution in [3.63, 3.8) is 0 Å². The molecule has 1 unspecified atom stereocenters. The number of ether oxygens (including phenoxy) is 2. The second kappa shape index (κ2) is 6.71. The van der Waals surface area contributed by atoms with Gasteiger partial charge in [0, 0.05) is 13.1 Å². The van der Waals surface area contributed by atoms with Gasteiger partial charge in [-0.25, -0.2) is 0 Å². The van der Waals surface area contributed by atoms with Crippen LogP contribution in [0.15, 0.2) is 24.3 Å². The summed E-state index contributed by atoms with van der Waals surface area (Å²) in [6, 6.07) is 7.78. The van der Waals surface area contributed by atoms with Gasteiger partial charge in [-0.05, 0) is 11.1 Å². The van der Waals surface area contributed by atoms with Crippen LogP contribution in [-0.4, -0.2) is 37.5 Å². The van der Waals surface area contributed by atoms with Gasteiger partial charge in [0.2, 0.25) is 0 Å². The zero-order valence-electron chi connectivity index (χ0n) is 9.89. The first kappa shape index (κ1) is 12.5. The van der Waals surface area contributed by atoms with E-state index in [1.807, 2.05) is 24.3 Å². The summed E-state index contributed by atoms with van der Waals surface area (Å²) in [5.74, 6) is 0. The van der Waals surface area contributed by atoms with E-state index in [-0.39, 0.29) is 12.7 Å². The SMILES string of the molecule is OCc1ccc(COCC2CNCCO2)cc1. The summed E-state index contributed by atoms with van der Waals surface area (Å²) in [5.41, 5.74) is 2.04. The van der Waals surface area contributed by atoms with Crippen LogP contribution in [0.2, 0.25) is 0 Å². The predicted octanol–water partition coefficient (Wildman–Crippen LogP) is 0.684. The highest BCUT2D eigenvalue weighted by atomic mass is 16.5. The summed E-state index contributed by atoms with van der Waals surface area (Å²) in [7, 11) is 0. The summed E-state index contributed by atoms with van der Waals surface area (Å²) < 4.78 is 11.1. The fraction of sp³-hybridized carbons (Fsp3) is 0.538. The Morgan fingerprint density at radius 2 is 2.06 bits per heavy atom. The quantitative estimate of drug-likeness (QED) is 0.791. The normalized spacial score (nSPS) is 20.4. The minimum absolute atomic E-state index is 0.0860. The van der Waals surface area contributed by atoms with E-state index in [1.54, 1.807) is 0 Å². The lowest BCUT2D eigenvalue weighted by Crippen LogP contribution is -2.40. The molecule has 4 nitrogen and oxygen atoms in total. The molecule has 2 rings (SSSR count). The maximum atomic E-state index is 8.92. The number of morpholine rings is 1. The third-order valence-corrected chi connectivity index (χ3v) is 2.78. The number of benzene rings is 1. The molecule has 0 spiro atoms. The maximum absolute atomic E-state index is 8.92. The Kier molecular flexibility index (Phi) is 4.94. The molecule has 1 aliphatic rings. The zero-order valence-corrected chi connectivity index (χ0v) is 9.89. The first-order valence-electron chi connectivity index (χ1n) is 5.97. The van der Waals surface area contributed by atoms with E-state index >= 15 is 0 Å². The van der Waals surface area contributed by atoms with Crippen LogP contribution in [0.3, 0.4) is 0 Å².